The van der Waals surface area contributed by atoms with Crippen molar-refractivity contribution in [3.63, 3.8) is 0 Å². The zero-order valence-corrected chi connectivity index (χ0v) is 16.6. The Morgan fingerprint density at radius 1 is 1.48 bits per heavy atom. The third-order valence-electron chi connectivity index (χ3n) is 3.40. The molecule has 0 saturated carbocycles. The Kier molecular flexibility index (Phi) is 9.12. The minimum Gasteiger partial charge on any atom is -0.361 e. The zero-order valence-electron chi connectivity index (χ0n) is 14.2. The third kappa shape index (κ3) is 6.43. The maximum absolute atomic E-state index is 11.2. The van der Waals surface area contributed by atoms with Crippen molar-refractivity contribution in [1.82, 2.24) is 10.2 Å². The number of amidine groups is 1. The standard InChI is InChI=1S/C15H21N5O2S2.ClH/c1-18(2)9-5-8-16-14(23)17-15-19(10-11-24-15)12-6-3-4-7-13(12)20(21)22;/h3-4,6-7H,5,8-11H2,1-2H3,(H,16,23);1H. The molecule has 0 spiro atoms. The second-order valence-electron chi connectivity index (χ2n) is 5.53. The summed E-state index contributed by atoms with van der Waals surface area (Å²) in [5, 5.41) is 15.5. The molecule has 138 valence electrons. The first-order valence-corrected chi connectivity index (χ1v) is 9.03. The monoisotopic (exact) mass is 403 g/mol. The number of thiocarbonyl (C=S) groups is 1. The van der Waals surface area contributed by atoms with Crippen LogP contribution in [0.1, 0.15) is 6.42 Å². The van der Waals surface area contributed by atoms with Crippen LogP contribution in [0.25, 0.3) is 0 Å². The number of benzene rings is 1. The molecule has 1 saturated heterocycles. The molecule has 1 heterocycles. The predicted octanol–water partition coefficient (Wildman–Crippen LogP) is 2.75. The number of hydrogen-bond donors (Lipinski definition) is 1. The Morgan fingerprint density at radius 2 is 2.20 bits per heavy atom. The number of nitro groups is 1. The maximum Gasteiger partial charge on any atom is 0.292 e. The van der Waals surface area contributed by atoms with E-state index in [1.165, 1.54) is 6.07 Å². The van der Waals surface area contributed by atoms with Gasteiger partial charge in [0.2, 0.25) is 0 Å². The van der Waals surface area contributed by atoms with Crippen LogP contribution in [0.5, 0.6) is 0 Å². The van der Waals surface area contributed by atoms with Crippen LogP contribution in [-0.2, 0) is 0 Å². The quantitative estimate of drug-likeness (QED) is 0.339. The molecule has 1 aliphatic heterocycles. The van der Waals surface area contributed by atoms with Crippen molar-refractivity contribution >= 4 is 58.0 Å². The normalized spacial score (nSPS) is 15.3. The summed E-state index contributed by atoms with van der Waals surface area (Å²) >= 11 is 6.83. The van der Waals surface area contributed by atoms with Gasteiger partial charge < -0.3 is 15.1 Å². The second kappa shape index (κ2) is 10.5. The summed E-state index contributed by atoms with van der Waals surface area (Å²) in [6.45, 7) is 2.41. The van der Waals surface area contributed by atoms with Gasteiger partial charge in [0.05, 0.1) is 4.92 Å². The number of thioether (sulfide) groups is 1. The minimum absolute atomic E-state index is 0. The molecular weight excluding hydrogens is 382 g/mol. The van der Waals surface area contributed by atoms with E-state index < -0.39 is 0 Å². The van der Waals surface area contributed by atoms with Crippen LogP contribution < -0.4 is 10.2 Å². The molecule has 0 aliphatic carbocycles. The van der Waals surface area contributed by atoms with E-state index in [4.69, 9.17) is 12.2 Å². The molecule has 2 rings (SSSR count). The molecule has 0 atom stereocenters. The largest absolute Gasteiger partial charge is 0.361 e. The molecule has 0 amide bonds. The van der Waals surface area contributed by atoms with Crippen molar-refractivity contribution in [2.24, 2.45) is 4.99 Å². The van der Waals surface area contributed by atoms with E-state index >= 15 is 0 Å². The fourth-order valence-corrected chi connectivity index (χ4v) is 3.49. The van der Waals surface area contributed by atoms with Crippen molar-refractivity contribution in [2.75, 3.05) is 44.4 Å². The number of hydrogen-bond acceptors (Lipinski definition) is 5. The lowest BCUT2D eigenvalue weighted by Gasteiger charge is -2.18. The van der Waals surface area contributed by atoms with E-state index in [9.17, 15) is 10.1 Å². The Balaban J connectivity index is 0.00000312. The highest BCUT2D eigenvalue weighted by molar-refractivity contribution is 8.14. The lowest BCUT2D eigenvalue weighted by atomic mass is 10.2. The molecule has 1 N–H and O–H groups in total. The van der Waals surface area contributed by atoms with Gasteiger partial charge >= 0.3 is 0 Å². The van der Waals surface area contributed by atoms with Crippen molar-refractivity contribution < 1.29 is 4.92 Å². The SMILES string of the molecule is CN(C)CCCNC(=S)N=C1SCCN1c1ccccc1[N+](=O)[O-].Cl. The summed E-state index contributed by atoms with van der Waals surface area (Å²) in [4.78, 5) is 19.3. The molecule has 10 heteroatoms. The van der Waals surface area contributed by atoms with Gasteiger partial charge in [0.15, 0.2) is 10.3 Å². The van der Waals surface area contributed by atoms with E-state index in [0.717, 1.165) is 25.3 Å². The lowest BCUT2D eigenvalue weighted by molar-refractivity contribution is -0.384. The average molecular weight is 404 g/mol. The Bertz CT molecular complexity index is 642. The summed E-state index contributed by atoms with van der Waals surface area (Å²) in [6, 6.07) is 6.71. The molecule has 1 aliphatic rings. The fraction of sp³-hybridized carbons (Fsp3) is 0.467. The summed E-state index contributed by atoms with van der Waals surface area (Å²) in [6.07, 6.45) is 0.971. The number of nitrogens with zero attached hydrogens (tertiary/aromatic N) is 4. The van der Waals surface area contributed by atoms with Crippen LogP contribution >= 0.6 is 36.4 Å². The van der Waals surface area contributed by atoms with Gasteiger partial charge in [0.1, 0.15) is 5.69 Å². The summed E-state index contributed by atoms with van der Waals surface area (Å²) in [7, 11) is 4.05. The number of nitro benzene ring substituents is 1. The van der Waals surface area contributed by atoms with E-state index in [2.05, 4.69) is 15.2 Å². The van der Waals surface area contributed by atoms with Gasteiger partial charge in [-0.2, -0.15) is 4.99 Å². The molecule has 0 bridgehead atoms. The Hall–Kier alpha value is -1.42. The van der Waals surface area contributed by atoms with Gasteiger partial charge in [-0.25, -0.2) is 0 Å². The molecule has 0 aromatic heterocycles. The van der Waals surface area contributed by atoms with Crippen LogP contribution in [0.4, 0.5) is 11.4 Å². The van der Waals surface area contributed by atoms with Gasteiger partial charge in [-0.05, 0) is 45.3 Å². The van der Waals surface area contributed by atoms with E-state index in [1.54, 1.807) is 30.0 Å². The number of halogens is 1. The maximum atomic E-state index is 11.2. The van der Waals surface area contributed by atoms with Crippen molar-refractivity contribution in [2.45, 2.75) is 6.42 Å². The zero-order chi connectivity index (χ0) is 17.5. The van der Waals surface area contributed by atoms with Gasteiger partial charge in [0, 0.05) is 24.9 Å². The van der Waals surface area contributed by atoms with Gasteiger partial charge in [0.25, 0.3) is 5.69 Å². The second-order valence-corrected chi connectivity index (χ2v) is 6.98. The van der Waals surface area contributed by atoms with Crippen molar-refractivity contribution in [1.29, 1.82) is 0 Å². The van der Waals surface area contributed by atoms with Crippen LogP contribution in [-0.4, -0.2) is 59.6 Å². The summed E-state index contributed by atoms with van der Waals surface area (Å²) in [5.74, 6) is 0.828. The molecule has 25 heavy (non-hydrogen) atoms. The lowest BCUT2D eigenvalue weighted by Crippen LogP contribution is -2.29. The summed E-state index contributed by atoms with van der Waals surface area (Å²) < 4.78 is 0. The summed E-state index contributed by atoms with van der Waals surface area (Å²) in [5.41, 5.74) is 0.638. The molecular formula is C15H22ClN5O2S2. The minimum atomic E-state index is -0.367. The first-order chi connectivity index (χ1) is 11.5. The van der Waals surface area contributed by atoms with E-state index in [-0.39, 0.29) is 23.0 Å². The number of aliphatic imine (C=N–C) groups is 1. The molecule has 1 fully saturated rings. The number of anilines is 1. The number of nitrogens with one attached hydrogen (secondary N) is 1. The third-order valence-corrected chi connectivity index (χ3v) is 4.59. The number of para-hydroxylation sites is 2. The Morgan fingerprint density at radius 3 is 2.88 bits per heavy atom. The average Bonchev–Trinajstić information content (AvgIpc) is 2.99. The van der Waals surface area contributed by atoms with Gasteiger partial charge in [-0.1, -0.05) is 23.9 Å². The molecule has 0 radical (unpaired) electrons. The number of rotatable bonds is 6. The predicted molar refractivity (Wildman–Crippen MR) is 111 cm³/mol. The highest BCUT2D eigenvalue weighted by atomic mass is 35.5. The van der Waals surface area contributed by atoms with E-state index in [1.807, 2.05) is 19.0 Å². The van der Waals surface area contributed by atoms with Crippen molar-refractivity contribution in [3.05, 3.63) is 34.4 Å². The molecule has 1 aromatic carbocycles. The van der Waals surface area contributed by atoms with Crippen LogP contribution in [0, 0.1) is 10.1 Å². The Labute approximate surface area is 163 Å². The smallest absolute Gasteiger partial charge is 0.292 e. The highest BCUT2D eigenvalue weighted by Gasteiger charge is 2.27. The fourth-order valence-electron chi connectivity index (χ4n) is 2.28. The highest BCUT2D eigenvalue weighted by Crippen LogP contribution is 2.32. The van der Waals surface area contributed by atoms with Crippen molar-refractivity contribution in [3.8, 4) is 0 Å². The van der Waals surface area contributed by atoms with Gasteiger partial charge in [-0.15, -0.1) is 12.4 Å². The first-order valence-electron chi connectivity index (χ1n) is 7.64. The first kappa shape index (κ1) is 21.6. The molecule has 7 nitrogen and oxygen atoms in total. The molecule has 0 unspecified atom stereocenters. The van der Waals surface area contributed by atoms with Crippen LogP contribution in [0.3, 0.4) is 0 Å². The van der Waals surface area contributed by atoms with Crippen LogP contribution in [0.2, 0.25) is 0 Å². The van der Waals surface area contributed by atoms with Gasteiger partial charge in [-0.3, -0.25) is 10.1 Å². The van der Waals surface area contributed by atoms with Crippen LogP contribution in [0.15, 0.2) is 29.3 Å². The molecule has 1 aromatic rings. The topological polar surface area (TPSA) is 74.0 Å². The van der Waals surface area contributed by atoms with E-state index in [0.29, 0.717) is 22.5 Å².